The van der Waals surface area contributed by atoms with Crippen LogP contribution >= 0.6 is 11.6 Å². The Morgan fingerprint density at radius 2 is 1.67 bits per heavy atom. The van der Waals surface area contributed by atoms with Gasteiger partial charge in [-0.05, 0) is 12.8 Å². The van der Waals surface area contributed by atoms with Gasteiger partial charge in [-0.1, -0.05) is 49.6 Å². The molecular weight excluding hydrogens is 208 g/mol. The predicted octanol–water partition coefficient (Wildman–Crippen LogP) is 3.81. The zero-order valence-electron chi connectivity index (χ0n) is 8.71. The molecule has 0 atom stereocenters. The molecule has 2 heteroatoms. The quantitative estimate of drug-likeness (QED) is 0.549. The monoisotopic (exact) mass is 222 g/mol. The van der Waals surface area contributed by atoms with Crippen molar-refractivity contribution < 1.29 is 4.79 Å². The van der Waals surface area contributed by atoms with Crippen LogP contribution in [0, 0.1) is 0 Å². The lowest BCUT2D eigenvalue weighted by Gasteiger charge is -2.29. The smallest absolute Gasteiger partial charge is 0.183 e. The number of hydrogen-bond donors (Lipinski definition) is 0. The number of hydrogen-bond acceptors (Lipinski definition) is 1. The fourth-order valence-electron chi connectivity index (χ4n) is 2.19. The van der Waals surface area contributed by atoms with Gasteiger partial charge in [-0.2, -0.15) is 0 Å². The minimum absolute atomic E-state index is 0.101. The van der Waals surface area contributed by atoms with E-state index in [1.54, 1.807) is 0 Å². The lowest BCUT2D eigenvalue weighted by Crippen LogP contribution is -2.34. The third kappa shape index (κ3) is 2.23. The third-order valence-corrected chi connectivity index (χ3v) is 3.64. The number of carbonyl (C=O) groups is 1. The maximum absolute atomic E-state index is 12.2. The van der Waals surface area contributed by atoms with Crippen molar-refractivity contribution in [3.63, 3.8) is 0 Å². The highest BCUT2D eigenvalue weighted by Crippen LogP contribution is 2.36. The summed E-state index contributed by atoms with van der Waals surface area (Å²) in [6.07, 6.45) is 4.99. The number of halogens is 1. The molecule has 0 saturated heterocycles. The van der Waals surface area contributed by atoms with Crippen LogP contribution in [0.5, 0.6) is 0 Å². The first-order valence-corrected chi connectivity index (χ1v) is 5.89. The zero-order chi connectivity index (χ0) is 10.7. The SMILES string of the molecule is O=C(c1ccccc1)C1(Cl)CCCCC1. The number of rotatable bonds is 2. The molecule has 0 spiro atoms. The Bertz CT molecular complexity index is 339. The molecule has 0 aromatic heterocycles. The fourth-order valence-corrected chi connectivity index (χ4v) is 2.56. The molecule has 1 aliphatic carbocycles. The van der Waals surface area contributed by atoms with E-state index in [1.807, 2.05) is 30.3 Å². The fraction of sp³-hybridized carbons (Fsp3) is 0.462. The van der Waals surface area contributed by atoms with E-state index in [2.05, 4.69) is 0 Å². The molecule has 0 amide bonds. The molecule has 2 rings (SSSR count). The van der Waals surface area contributed by atoms with Crippen LogP contribution in [0.25, 0.3) is 0 Å². The number of benzene rings is 1. The summed E-state index contributed by atoms with van der Waals surface area (Å²) in [6, 6.07) is 9.38. The van der Waals surface area contributed by atoms with Crippen molar-refractivity contribution in [3.05, 3.63) is 35.9 Å². The molecule has 0 bridgehead atoms. The number of carbonyl (C=O) groups excluding carboxylic acids is 1. The van der Waals surface area contributed by atoms with Crippen LogP contribution in [0.2, 0.25) is 0 Å². The summed E-state index contributed by atoms with van der Waals surface area (Å²) in [4.78, 5) is 11.6. The van der Waals surface area contributed by atoms with Gasteiger partial charge in [-0.25, -0.2) is 0 Å². The summed E-state index contributed by atoms with van der Waals surface area (Å²) >= 11 is 6.41. The molecule has 15 heavy (non-hydrogen) atoms. The van der Waals surface area contributed by atoms with Crippen LogP contribution in [0.4, 0.5) is 0 Å². The van der Waals surface area contributed by atoms with Crippen LogP contribution < -0.4 is 0 Å². The van der Waals surface area contributed by atoms with Gasteiger partial charge in [-0.3, -0.25) is 4.79 Å². The van der Waals surface area contributed by atoms with Crippen molar-refractivity contribution in [3.8, 4) is 0 Å². The zero-order valence-corrected chi connectivity index (χ0v) is 9.46. The lowest BCUT2D eigenvalue weighted by molar-refractivity contribution is 0.0913. The van der Waals surface area contributed by atoms with Crippen LogP contribution in [-0.2, 0) is 0 Å². The molecule has 0 radical (unpaired) electrons. The van der Waals surface area contributed by atoms with Gasteiger partial charge in [0.15, 0.2) is 5.78 Å². The molecular formula is C13H15ClO. The van der Waals surface area contributed by atoms with E-state index >= 15 is 0 Å². The average Bonchev–Trinajstić information content (AvgIpc) is 2.30. The van der Waals surface area contributed by atoms with E-state index in [-0.39, 0.29) is 5.78 Å². The highest BCUT2D eigenvalue weighted by Gasteiger charge is 2.37. The van der Waals surface area contributed by atoms with Gasteiger partial charge in [0.2, 0.25) is 0 Å². The van der Waals surface area contributed by atoms with Gasteiger partial charge in [0.1, 0.15) is 4.87 Å². The average molecular weight is 223 g/mol. The topological polar surface area (TPSA) is 17.1 Å². The molecule has 1 nitrogen and oxygen atoms in total. The van der Waals surface area contributed by atoms with Crippen molar-refractivity contribution in [2.75, 3.05) is 0 Å². The lowest BCUT2D eigenvalue weighted by atomic mass is 9.83. The Kier molecular flexibility index (Phi) is 3.11. The molecule has 1 fully saturated rings. The molecule has 1 aromatic carbocycles. The largest absolute Gasteiger partial charge is 0.292 e. The second kappa shape index (κ2) is 4.36. The highest BCUT2D eigenvalue weighted by molar-refractivity contribution is 6.38. The Morgan fingerprint density at radius 1 is 1.07 bits per heavy atom. The van der Waals surface area contributed by atoms with Gasteiger partial charge in [0, 0.05) is 5.56 Å². The number of alkyl halides is 1. The van der Waals surface area contributed by atoms with Crippen molar-refractivity contribution >= 4 is 17.4 Å². The first-order chi connectivity index (χ1) is 7.22. The molecule has 0 heterocycles. The van der Waals surface area contributed by atoms with Crippen molar-refractivity contribution in [1.29, 1.82) is 0 Å². The molecule has 0 unspecified atom stereocenters. The predicted molar refractivity (Wildman–Crippen MR) is 62.4 cm³/mol. The van der Waals surface area contributed by atoms with Gasteiger partial charge in [-0.15, -0.1) is 11.6 Å². The van der Waals surface area contributed by atoms with Crippen LogP contribution in [0.3, 0.4) is 0 Å². The second-order valence-corrected chi connectivity index (χ2v) is 4.94. The minimum atomic E-state index is -0.625. The van der Waals surface area contributed by atoms with Crippen molar-refractivity contribution in [1.82, 2.24) is 0 Å². The molecule has 80 valence electrons. The molecule has 1 aliphatic rings. The van der Waals surface area contributed by atoms with E-state index in [0.29, 0.717) is 0 Å². The summed E-state index contributed by atoms with van der Waals surface area (Å²) in [6.45, 7) is 0. The van der Waals surface area contributed by atoms with Gasteiger partial charge >= 0.3 is 0 Å². The highest BCUT2D eigenvalue weighted by atomic mass is 35.5. The summed E-state index contributed by atoms with van der Waals surface area (Å²) in [5.41, 5.74) is 0.745. The Balaban J connectivity index is 2.20. The standard InChI is InChI=1S/C13H15ClO/c14-13(9-5-2-6-10-13)12(15)11-7-3-1-4-8-11/h1,3-4,7-8H,2,5-6,9-10H2. The van der Waals surface area contributed by atoms with Crippen LogP contribution in [0.1, 0.15) is 42.5 Å². The maximum Gasteiger partial charge on any atom is 0.183 e. The van der Waals surface area contributed by atoms with Gasteiger partial charge < -0.3 is 0 Å². The Labute approximate surface area is 95.4 Å². The van der Waals surface area contributed by atoms with E-state index in [9.17, 15) is 4.79 Å². The van der Waals surface area contributed by atoms with Gasteiger partial charge in [0.05, 0.1) is 0 Å². The first-order valence-electron chi connectivity index (χ1n) is 5.51. The Hall–Kier alpha value is -0.820. The maximum atomic E-state index is 12.2. The third-order valence-electron chi connectivity index (χ3n) is 3.09. The normalized spacial score (nSPS) is 19.8. The second-order valence-electron chi connectivity index (χ2n) is 4.22. The minimum Gasteiger partial charge on any atom is -0.292 e. The van der Waals surface area contributed by atoms with Crippen LogP contribution in [-0.4, -0.2) is 10.7 Å². The van der Waals surface area contributed by atoms with Crippen molar-refractivity contribution in [2.45, 2.75) is 37.0 Å². The van der Waals surface area contributed by atoms with E-state index in [1.165, 1.54) is 6.42 Å². The summed E-state index contributed by atoms with van der Waals surface area (Å²) in [5, 5.41) is 0. The van der Waals surface area contributed by atoms with Crippen LogP contribution in [0.15, 0.2) is 30.3 Å². The van der Waals surface area contributed by atoms with E-state index in [0.717, 1.165) is 31.2 Å². The van der Waals surface area contributed by atoms with E-state index in [4.69, 9.17) is 11.6 Å². The number of Topliss-reactive ketones (excluding diaryl/α,β-unsaturated/α-hetero) is 1. The first kappa shape index (κ1) is 10.7. The summed E-state index contributed by atoms with van der Waals surface area (Å²) < 4.78 is 0. The number of ketones is 1. The summed E-state index contributed by atoms with van der Waals surface area (Å²) in [5.74, 6) is 0.101. The molecule has 0 aliphatic heterocycles. The van der Waals surface area contributed by atoms with Crippen molar-refractivity contribution in [2.24, 2.45) is 0 Å². The molecule has 0 N–H and O–H groups in total. The van der Waals surface area contributed by atoms with E-state index < -0.39 is 4.87 Å². The Morgan fingerprint density at radius 3 is 2.27 bits per heavy atom. The molecule has 1 saturated carbocycles. The summed E-state index contributed by atoms with van der Waals surface area (Å²) in [7, 11) is 0. The van der Waals surface area contributed by atoms with Gasteiger partial charge in [0.25, 0.3) is 0 Å². The molecule has 1 aromatic rings.